The summed E-state index contributed by atoms with van der Waals surface area (Å²) in [5.41, 5.74) is 1.87. The van der Waals surface area contributed by atoms with E-state index in [1.807, 2.05) is 33.2 Å². The fourth-order valence-corrected chi connectivity index (χ4v) is 3.94. The molecule has 1 N–H and O–H groups in total. The van der Waals surface area contributed by atoms with Crippen LogP contribution in [-0.2, 0) is 9.59 Å². The minimum absolute atomic E-state index is 0.0531. The zero-order chi connectivity index (χ0) is 23.4. The Hall–Kier alpha value is -3.32. The van der Waals surface area contributed by atoms with Gasteiger partial charge in [0.25, 0.3) is 5.91 Å². The summed E-state index contributed by atoms with van der Waals surface area (Å²) in [7, 11) is 7.11. The first-order valence-electron chi connectivity index (χ1n) is 10.6. The maximum absolute atomic E-state index is 13.5. The lowest BCUT2D eigenvalue weighted by atomic mass is 9.94. The molecule has 2 aromatic rings. The molecule has 7 heteroatoms. The molecule has 1 amide bonds. The number of carbonyl (C=O) groups excluding carboxylic acids is 2. The number of methoxy groups -OCH3 is 2. The van der Waals surface area contributed by atoms with Gasteiger partial charge >= 0.3 is 0 Å². The van der Waals surface area contributed by atoms with Crippen molar-refractivity contribution < 1.29 is 29.1 Å². The highest BCUT2D eigenvalue weighted by atomic mass is 16.5. The van der Waals surface area contributed by atoms with Crippen molar-refractivity contribution in [2.24, 2.45) is 0 Å². The summed E-state index contributed by atoms with van der Waals surface area (Å²) in [5.74, 6) is -0.839. The largest absolute Gasteiger partial charge is 0.872 e. The Morgan fingerprint density at radius 1 is 1.06 bits per heavy atom. The molecular weight excluding hydrogens is 408 g/mol. The summed E-state index contributed by atoms with van der Waals surface area (Å²) in [6.45, 7) is 3.09. The molecule has 1 atom stereocenters. The van der Waals surface area contributed by atoms with Crippen LogP contribution >= 0.6 is 0 Å². The van der Waals surface area contributed by atoms with Crippen molar-refractivity contribution >= 4 is 17.4 Å². The molecule has 1 unspecified atom stereocenters. The number of nitrogens with zero attached hydrogens (tertiary/aromatic N) is 1. The maximum atomic E-state index is 13.5. The topological polar surface area (TPSA) is 83.3 Å². The van der Waals surface area contributed by atoms with Crippen LogP contribution in [0.1, 0.15) is 29.2 Å². The molecule has 0 saturated carbocycles. The van der Waals surface area contributed by atoms with E-state index in [-0.39, 0.29) is 5.57 Å². The van der Waals surface area contributed by atoms with Crippen molar-refractivity contribution in [3.8, 4) is 11.5 Å². The summed E-state index contributed by atoms with van der Waals surface area (Å²) >= 11 is 0. The number of quaternary nitrogens is 1. The fraction of sp³-hybridized carbons (Fsp3) is 0.360. The Balaban J connectivity index is 2.18. The molecule has 32 heavy (non-hydrogen) atoms. The molecule has 1 saturated heterocycles. The molecule has 3 rings (SSSR count). The number of nitrogens with one attached hydrogen (secondary N) is 1. The molecule has 7 nitrogen and oxygen atoms in total. The van der Waals surface area contributed by atoms with Crippen molar-refractivity contribution in [1.29, 1.82) is 0 Å². The van der Waals surface area contributed by atoms with E-state index in [0.29, 0.717) is 35.6 Å². The quantitative estimate of drug-likeness (QED) is 0.374. The van der Waals surface area contributed by atoms with Gasteiger partial charge in [-0.1, -0.05) is 35.6 Å². The van der Waals surface area contributed by atoms with Gasteiger partial charge < -0.3 is 24.4 Å². The van der Waals surface area contributed by atoms with Gasteiger partial charge in [0, 0.05) is 24.1 Å². The van der Waals surface area contributed by atoms with Crippen molar-refractivity contribution in [2.75, 3.05) is 41.4 Å². The van der Waals surface area contributed by atoms with Crippen LogP contribution in [0.5, 0.6) is 11.5 Å². The van der Waals surface area contributed by atoms with Gasteiger partial charge in [-0.25, -0.2) is 0 Å². The van der Waals surface area contributed by atoms with Crippen LogP contribution in [0.3, 0.4) is 0 Å². The molecule has 1 fully saturated rings. The number of ether oxygens (including phenoxy) is 2. The Morgan fingerprint density at radius 3 is 2.34 bits per heavy atom. The van der Waals surface area contributed by atoms with Gasteiger partial charge in [0.15, 0.2) is 0 Å². The number of rotatable bonds is 8. The van der Waals surface area contributed by atoms with Gasteiger partial charge in [-0.05, 0) is 30.7 Å². The number of benzene rings is 2. The van der Waals surface area contributed by atoms with E-state index in [2.05, 4.69) is 0 Å². The number of likely N-dealkylation sites (tertiary alicyclic amines) is 1. The minimum atomic E-state index is -0.842. The van der Waals surface area contributed by atoms with Gasteiger partial charge in [0.05, 0.1) is 40.9 Å². The summed E-state index contributed by atoms with van der Waals surface area (Å²) in [6.07, 6.45) is 0.691. The number of Topliss-reactive ketones (excluding diaryl/α,β-unsaturated/α-hetero) is 1. The third kappa shape index (κ3) is 4.62. The second-order valence-electron chi connectivity index (χ2n) is 8.26. The summed E-state index contributed by atoms with van der Waals surface area (Å²) in [4.78, 5) is 28.9. The zero-order valence-corrected chi connectivity index (χ0v) is 19.2. The minimum Gasteiger partial charge on any atom is -0.872 e. The van der Waals surface area contributed by atoms with E-state index >= 15 is 0 Å². The van der Waals surface area contributed by atoms with Gasteiger partial charge in [0.2, 0.25) is 5.78 Å². The van der Waals surface area contributed by atoms with Crippen LogP contribution in [0.4, 0.5) is 0 Å². The average Bonchev–Trinajstić information content (AvgIpc) is 3.03. The summed E-state index contributed by atoms with van der Waals surface area (Å²) in [6, 6.07) is 11.3. The van der Waals surface area contributed by atoms with Crippen LogP contribution in [0.2, 0.25) is 0 Å². The summed E-state index contributed by atoms with van der Waals surface area (Å²) in [5, 5.41) is 13.5. The second kappa shape index (κ2) is 9.87. The fourth-order valence-electron chi connectivity index (χ4n) is 3.94. The van der Waals surface area contributed by atoms with Crippen LogP contribution in [0, 0.1) is 6.92 Å². The molecule has 0 aliphatic carbocycles. The van der Waals surface area contributed by atoms with Crippen LogP contribution in [-0.4, -0.2) is 58.0 Å². The predicted octanol–water partition coefficient (Wildman–Crippen LogP) is 0.771. The molecule has 1 aliphatic rings. The van der Waals surface area contributed by atoms with E-state index < -0.39 is 23.5 Å². The highest BCUT2D eigenvalue weighted by molar-refractivity contribution is 6.46. The maximum Gasteiger partial charge on any atom is 0.295 e. The summed E-state index contributed by atoms with van der Waals surface area (Å²) < 4.78 is 10.9. The normalized spacial score (nSPS) is 17.8. The van der Waals surface area contributed by atoms with Crippen LogP contribution in [0.15, 0.2) is 48.0 Å². The van der Waals surface area contributed by atoms with E-state index in [1.54, 1.807) is 30.3 Å². The van der Waals surface area contributed by atoms with E-state index in [4.69, 9.17) is 9.47 Å². The first-order chi connectivity index (χ1) is 15.3. The molecule has 1 heterocycles. The number of hydrogen-bond donors (Lipinski definition) is 1. The predicted molar refractivity (Wildman–Crippen MR) is 119 cm³/mol. The van der Waals surface area contributed by atoms with Crippen molar-refractivity contribution in [1.82, 2.24) is 4.90 Å². The molecule has 0 aromatic heterocycles. The number of carbonyl (C=O) groups is 2. The van der Waals surface area contributed by atoms with Crippen molar-refractivity contribution in [3.05, 3.63) is 64.7 Å². The molecule has 1 aliphatic heterocycles. The monoisotopic (exact) mass is 438 g/mol. The molecule has 170 valence electrons. The number of ketones is 1. The van der Waals surface area contributed by atoms with Crippen LogP contribution in [0.25, 0.3) is 5.76 Å². The first-order valence-corrected chi connectivity index (χ1v) is 10.6. The Kier molecular flexibility index (Phi) is 7.20. The molecule has 0 bridgehead atoms. The van der Waals surface area contributed by atoms with E-state index in [9.17, 15) is 14.7 Å². The lowest BCUT2D eigenvalue weighted by Crippen LogP contribution is -3.05. The van der Waals surface area contributed by atoms with Gasteiger partial charge in [-0.15, -0.1) is 0 Å². The SMILES string of the molecule is COc1ccc(OC)c(C2C(=C([O-])c3ccc(C)cc3)C(=O)C(=O)N2CCC[NH+](C)C)c1. The smallest absolute Gasteiger partial charge is 0.295 e. The number of hydrogen-bond acceptors (Lipinski definition) is 5. The first kappa shape index (κ1) is 23.3. The van der Waals surface area contributed by atoms with Gasteiger partial charge in [-0.2, -0.15) is 0 Å². The Labute approximate surface area is 188 Å². The Bertz CT molecular complexity index is 1030. The third-order valence-electron chi connectivity index (χ3n) is 5.65. The molecule has 0 spiro atoms. The lowest BCUT2D eigenvalue weighted by molar-refractivity contribution is -0.858. The van der Waals surface area contributed by atoms with E-state index in [0.717, 1.165) is 12.1 Å². The van der Waals surface area contributed by atoms with Gasteiger partial charge in [-0.3, -0.25) is 9.59 Å². The lowest BCUT2D eigenvalue weighted by Gasteiger charge is -2.29. The van der Waals surface area contributed by atoms with Crippen molar-refractivity contribution in [2.45, 2.75) is 19.4 Å². The molecular formula is C25H30N2O5. The Morgan fingerprint density at radius 2 is 1.75 bits per heavy atom. The highest BCUT2D eigenvalue weighted by Gasteiger charge is 2.45. The van der Waals surface area contributed by atoms with Gasteiger partial charge in [0.1, 0.15) is 11.5 Å². The average molecular weight is 439 g/mol. The number of amides is 1. The standard InChI is InChI=1S/C25H30N2O5/c1-16-7-9-17(10-8-16)23(28)21-22(19-15-18(31-4)11-12-20(19)32-5)27(25(30)24(21)29)14-6-13-26(2)3/h7-12,15,22,28H,6,13-14H2,1-5H3. The van der Waals surface area contributed by atoms with Crippen LogP contribution < -0.4 is 19.5 Å². The molecule has 0 radical (unpaired) electrons. The molecule has 2 aromatic carbocycles. The van der Waals surface area contributed by atoms with E-state index in [1.165, 1.54) is 24.0 Å². The third-order valence-corrected chi connectivity index (χ3v) is 5.65. The van der Waals surface area contributed by atoms with Crippen molar-refractivity contribution in [3.63, 3.8) is 0 Å². The number of aryl methyl sites for hydroxylation is 1. The second-order valence-corrected chi connectivity index (χ2v) is 8.26. The highest BCUT2D eigenvalue weighted by Crippen LogP contribution is 2.43. The zero-order valence-electron chi connectivity index (χ0n) is 19.2.